The Morgan fingerprint density at radius 3 is 2.50 bits per heavy atom. The van der Waals surface area contributed by atoms with Crippen LogP contribution in [0.2, 0.25) is 0 Å². The van der Waals surface area contributed by atoms with Gasteiger partial charge in [-0.15, -0.1) is 0 Å². The van der Waals surface area contributed by atoms with Gasteiger partial charge in [0.1, 0.15) is 18.2 Å². The van der Waals surface area contributed by atoms with Gasteiger partial charge in [0.05, 0.1) is 6.21 Å². The molecule has 7 heteroatoms. The molecule has 0 aliphatic rings. The summed E-state index contributed by atoms with van der Waals surface area (Å²) in [4.78, 5) is 0. The van der Waals surface area contributed by atoms with Gasteiger partial charge >= 0.3 is 0 Å². The van der Waals surface area contributed by atoms with E-state index in [9.17, 15) is 4.39 Å². The van der Waals surface area contributed by atoms with E-state index in [0.717, 1.165) is 40.5 Å². The number of hydrazone groups is 1. The number of hydrogen-bond donors (Lipinski definition) is 2. The summed E-state index contributed by atoms with van der Waals surface area (Å²) in [5.74, 6) is 0.509. The van der Waals surface area contributed by atoms with Crippen LogP contribution in [-0.2, 0) is 6.61 Å². The quantitative estimate of drug-likeness (QED) is 0.330. The maximum Gasteiger partial charge on any atom is 0.186 e. The van der Waals surface area contributed by atoms with Crippen LogP contribution >= 0.6 is 12.2 Å². The van der Waals surface area contributed by atoms with Gasteiger partial charge in [-0.25, -0.2) is 4.39 Å². The van der Waals surface area contributed by atoms with Gasteiger partial charge in [0.25, 0.3) is 0 Å². The maximum absolute atomic E-state index is 13.0. The van der Waals surface area contributed by atoms with E-state index in [1.807, 2.05) is 31.2 Å². The van der Waals surface area contributed by atoms with Crippen molar-refractivity contribution in [3.8, 4) is 11.4 Å². The largest absolute Gasteiger partial charge is 0.489 e. The molecule has 0 spiro atoms. The first kappa shape index (κ1) is 21.5. The highest BCUT2D eigenvalue weighted by Crippen LogP contribution is 2.22. The van der Waals surface area contributed by atoms with Crippen LogP contribution in [0.4, 0.5) is 4.39 Å². The lowest BCUT2D eigenvalue weighted by molar-refractivity contribution is 0.306. The third kappa shape index (κ3) is 5.45. The molecule has 0 radical (unpaired) electrons. The normalized spacial score (nSPS) is 10.9. The second kappa shape index (κ2) is 10.0. The van der Waals surface area contributed by atoms with Gasteiger partial charge in [-0.05, 0) is 81.0 Å². The summed E-state index contributed by atoms with van der Waals surface area (Å²) in [5, 5.41) is 7.70. The van der Waals surface area contributed by atoms with Crippen molar-refractivity contribution in [3.63, 3.8) is 0 Å². The Bertz CT molecular complexity index is 1030. The number of aromatic nitrogens is 1. The Labute approximate surface area is 181 Å². The molecule has 2 N–H and O–H groups in total. The molecule has 0 saturated heterocycles. The number of benzene rings is 2. The van der Waals surface area contributed by atoms with Crippen LogP contribution in [0.1, 0.15) is 29.4 Å². The predicted octanol–water partition coefficient (Wildman–Crippen LogP) is 4.63. The van der Waals surface area contributed by atoms with E-state index in [1.165, 1.54) is 12.1 Å². The molecule has 5 nitrogen and oxygen atoms in total. The van der Waals surface area contributed by atoms with Crippen molar-refractivity contribution in [1.82, 2.24) is 15.3 Å². The first-order valence-corrected chi connectivity index (χ1v) is 10.1. The summed E-state index contributed by atoms with van der Waals surface area (Å²) in [6, 6.07) is 16.3. The summed E-state index contributed by atoms with van der Waals surface area (Å²) in [7, 11) is 0. The molecule has 1 heterocycles. The summed E-state index contributed by atoms with van der Waals surface area (Å²) in [6.45, 7) is 7.23. The number of nitrogens with zero attached hydrogens (tertiary/aromatic N) is 2. The highest BCUT2D eigenvalue weighted by molar-refractivity contribution is 7.80. The Morgan fingerprint density at radius 2 is 1.83 bits per heavy atom. The Hall–Kier alpha value is -3.19. The maximum atomic E-state index is 13.0. The van der Waals surface area contributed by atoms with Crippen molar-refractivity contribution in [3.05, 3.63) is 82.9 Å². The molecule has 3 aromatic rings. The van der Waals surface area contributed by atoms with Crippen molar-refractivity contribution in [2.24, 2.45) is 5.10 Å². The standard InChI is InChI=1S/C23H25FN4OS/c1-4-25-23(30)27-26-14-19-13-16(2)28(17(19)3)21-9-11-22(12-10-21)29-15-18-5-7-20(24)8-6-18/h5-14H,4,15H2,1-3H3,(H2,25,27,30)/b26-14-. The fourth-order valence-corrected chi connectivity index (χ4v) is 3.31. The molecule has 0 aliphatic carbocycles. The molecule has 0 atom stereocenters. The van der Waals surface area contributed by atoms with Gasteiger partial charge in [-0.1, -0.05) is 12.1 Å². The third-order valence-corrected chi connectivity index (χ3v) is 4.83. The molecule has 0 amide bonds. The zero-order valence-electron chi connectivity index (χ0n) is 17.3. The van der Waals surface area contributed by atoms with E-state index in [2.05, 4.69) is 40.3 Å². The Balaban J connectivity index is 1.68. The molecular weight excluding hydrogens is 399 g/mol. The highest BCUT2D eigenvalue weighted by atomic mass is 32.1. The van der Waals surface area contributed by atoms with Crippen LogP contribution in [0.5, 0.6) is 5.75 Å². The molecule has 1 aromatic heterocycles. The van der Waals surface area contributed by atoms with Gasteiger partial charge in [0.2, 0.25) is 0 Å². The lowest BCUT2D eigenvalue weighted by Gasteiger charge is -2.11. The van der Waals surface area contributed by atoms with Crippen molar-refractivity contribution in [2.75, 3.05) is 6.54 Å². The summed E-state index contributed by atoms with van der Waals surface area (Å²) < 4.78 is 21.0. The lowest BCUT2D eigenvalue weighted by Crippen LogP contribution is -2.31. The minimum Gasteiger partial charge on any atom is -0.489 e. The molecule has 2 aromatic carbocycles. The van der Waals surface area contributed by atoms with Crippen LogP contribution in [-0.4, -0.2) is 22.4 Å². The second-order valence-electron chi connectivity index (χ2n) is 6.80. The smallest absolute Gasteiger partial charge is 0.186 e. The number of ether oxygens (including phenoxy) is 1. The molecular formula is C23H25FN4OS. The average molecular weight is 425 g/mol. The van der Waals surface area contributed by atoms with Crippen LogP contribution in [0.25, 0.3) is 5.69 Å². The van der Waals surface area contributed by atoms with Gasteiger partial charge in [0, 0.05) is 29.2 Å². The van der Waals surface area contributed by atoms with Crippen LogP contribution in [0.3, 0.4) is 0 Å². The molecule has 0 bridgehead atoms. The molecule has 30 heavy (non-hydrogen) atoms. The predicted molar refractivity (Wildman–Crippen MR) is 123 cm³/mol. The number of thiocarbonyl (C=S) groups is 1. The average Bonchev–Trinajstić information content (AvgIpc) is 3.01. The lowest BCUT2D eigenvalue weighted by atomic mass is 10.2. The molecule has 0 fully saturated rings. The molecule has 3 rings (SSSR count). The zero-order valence-corrected chi connectivity index (χ0v) is 18.1. The number of nitrogens with one attached hydrogen (secondary N) is 2. The SMILES string of the molecule is CCNC(=S)N/N=C\c1cc(C)n(-c2ccc(OCc3ccc(F)cc3)cc2)c1C. The van der Waals surface area contributed by atoms with Gasteiger partial charge in [-0.2, -0.15) is 5.10 Å². The van der Waals surface area contributed by atoms with E-state index in [1.54, 1.807) is 18.3 Å². The van der Waals surface area contributed by atoms with Crippen molar-refractivity contribution >= 4 is 23.5 Å². The summed E-state index contributed by atoms with van der Waals surface area (Å²) in [6.07, 6.45) is 1.77. The van der Waals surface area contributed by atoms with E-state index in [-0.39, 0.29) is 5.82 Å². The summed E-state index contributed by atoms with van der Waals surface area (Å²) in [5.41, 5.74) is 7.95. The Morgan fingerprint density at radius 1 is 1.13 bits per heavy atom. The van der Waals surface area contributed by atoms with Gasteiger partial charge in [0.15, 0.2) is 5.11 Å². The number of halogens is 1. The van der Waals surface area contributed by atoms with Crippen LogP contribution in [0.15, 0.2) is 59.7 Å². The van der Waals surface area contributed by atoms with E-state index >= 15 is 0 Å². The number of aryl methyl sites for hydroxylation is 1. The monoisotopic (exact) mass is 424 g/mol. The fourth-order valence-electron chi connectivity index (χ4n) is 3.11. The van der Waals surface area contributed by atoms with Crippen LogP contribution in [0, 0.1) is 19.7 Å². The van der Waals surface area contributed by atoms with E-state index < -0.39 is 0 Å². The van der Waals surface area contributed by atoms with Crippen molar-refractivity contribution in [1.29, 1.82) is 0 Å². The van der Waals surface area contributed by atoms with E-state index in [0.29, 0.717) is 11.7 Å². The first-order chi connectivity index (χ1) is 14.5. The fraction of sp³-hybridized carbons (Fsp3) is 0.217. The van der Waals surface area contributed by atoms with Gasteiger partial charge in [-0.3, -0.25) is 5.43 Å². The number of hydrogen-bond acceptors (Lipinski definition) is 3. The molecule has 0 unspecified atom stereocenters. The van der Waals surface area contributed by atoms with Crippen LogP contribution < -0.4 is 15.5 Å². The summed E-state index contributed by atoms with van der Waals surface area (Å²) >= 11 is 5.11. The minimum absolute atomic E-state index is 0.249. The molecule has 156 valence electrons. The van der Waals surface area contributed by atoms with Gasteiger partial charge < -0.3 is 14.6 Å². The van der Waals surface area contributed by atoms with Crippen molar-refractivity contribution in [2.45, 2.75) is 27.4 Å². The van der Waals surface area contributed by atoms with E-state index in [4.69, 9.17) is 17.0 Å². The number of rotatable bonds is 7. The second-order valence-corrected chi connectivity index (χ2v) is 7.21. The molecule has 0 saturated carbocycles. The topological polar surface area (TPSA) is 50.6 Å². The third-order valence-electron chi connectivity index (χ3n) is 4.59. The zero-order chi connectivity index (χ0) is 21.5. The van der Waals surface area contributed by atoms with Crippen molar-refractivity contribution < 1.29 is 9.13 Å². The highest BCUT2D eigenvalue weighted by Gasteiger charge is 2.10. The Kier molecular flexibility index (Phi) is 7.19. The molecule has 0 aliphatic heterocycles. The minimum atomic E-state index is -0.249. The first-order valence-electron chi connectivity index (χ1n) is 9.71.